The molecule has 1 aromatic heterocycles. The van der Waals surface area contributed by atoms with Gasteiger partial charge in [-0.3, -0.25) is 0 Å². The molecule has 10 rings (SSSR count). The summed E-state index contributed by atoms with van der Waals surface area (Å²) in [4.78, 5) is 15.6. The van der Waals surface area contributed by atoms with Crippen LogP contribution in [0.15, 0.2) is 115 Å². The fourth-order valence-electron chi connectivity index (χ4n) is 9.10. The van der Waals surface area contributed by atoms with Gasteiger partial charge < -0.3 is 0 Å². The van der Waals surface area contributed by atoms with Gasteiger partial charge in [-0.1, -0.05) is 109 Å². The predicted molar refractivity (Wildman–Crippen MR) is 180 cm³/mol. The highest BCUT2D eigenvalue weighted by Gasteiger charge is 2.48. The summed E-state index contributed by atoms with van der Waals surface area (Å²) in [7, 11) is 0. The molecule has 7 aromatic rings. The van der Waals surface area contributed by atoms with Gasteiger partial charge in [0.15, 0.2) is 17.5 Å². The number of rotatable bonds is 3. The molecular weight excluding hydrogens is 534 g/mol. The molecule has 3 bridgehead atoms. The van der Waals surface area contributed by atoms with E-state index in [1.807, 2.05) is 6.07 Å². The number of fused-ring (bicyclic) bond motifs is 11. The first-order valence-electron chi connectivity index (χ1n) is 16.1. The van der Waals surface area contributed by atoms with E-state index in [0.717, 1.165) is 40.4 Å². The van der Waals surface area contributed by atoms with Crippen molar-refractivity contribution in [2.75, 3.05) is 0 Å². The summed E-state index contributed by atoms with van der Waals surface area (Å²) in [6, 6.07) is 41.5. The number of aromatic nitrogens is 3. The third-order valence-electron chi connectivity index (χ3n) is 10.9. The molecule has 4 unspecified atom stereocenters. The van der Waals surface area contributed by atoms with Crippen molar-refractivity contribution in [2.45, 2.75) is 37.5 Å². The summed E-state index contributed by atoms with van der Waals surface area (Å²) in [6.45, 7) is 0. The third kappa shape index (κ3) is 3.59. The van der Waals surface area contributed by atoms with Crippen LogP contribution in [0, 0.1) is 11.8 Å². The van der Waals surface area contributed by atoms with Crippen LogP contribution < -0.4 is 0 Å². The first-order valence-corrected chi connectivity index (χ1v) is 16.1. The third-order valence-corrected chi connectivity index (χ3v) is 10.9. The fourth-order valence-corrected chi connectivity index (χ4v) is 9.10. The highest BCUT2D eigenvalue weighted by Crippen LogP contribution is 2.61. The maximum atomic E-state index is 5.29. The molecule has 0 amide bonds. The van der Waals surface area contributed by atoms with Crippen LogP contribution in [0.2, 0.25) is 0 Å². The zero-order valence-corrected chi connectivity index (χ0v) is 24.4. The van der Waals surface area contributed by atoms with Crippen LogP contribution in [0.5, 0.6) is 0 Å². The van der Waals surface area contributed by atoms with Gasteiger partial charge in [0, 0.05) is 16.7 Å². The molecular formula is C41H31N3. The molecule has 3 aliphatic rings. The van der Waals surface area contributed by atoms with Gasteiger partial charge in [0.05, 0.1) is 0 Å². The summed E-state index contributed by atoms with van der Waals surface area (Å²) in [5.41, 5.74) is 6.33. The summed E-state index contributed by atoms with van der Waals surface area (Å²) >= 11 is 0. The van der Waals surface area contributed by atoms with Gasteiger partial charge in [0.25, 0.3) is 0 Å². The highest BCUT2D eigenvalue weighted by molar-refractivity contribution is 6.25. The first-order chi connectivity index (χ1) is 21.8. The Morgan fingerprint density at radius 3 is 1.84 bits per heavy atom. The van der Waals surface area contributed by atoms with E-state index in [1.165, 1.54) is 69.1 Å². The average Bonchev–Trinajstić information content (AvgIpc) is 3.33. The van der Waals surface area contributed by atoms with E-state index in [0.29, 0.717) is 11.8 Å². The molecule has 2 fully saturated rings. The van der Waals surface area contributed by atoms with E-state index in [-0.39, 0.29) is 0 Å². The molecule has 0 radical (unpaired) electrons. The normalized spacial score (nSPS) is 21.7. The largest absolute Gasteiger partial charge is 0.208 e. The van der Waals surface area contributed by atoms with Crippen molar-refractivity contribution in [3.05, 3.63) is 126 Å². The molecule has 0 saturated heterocycles. The SMILES string of the molecule is c1ccc(-c2nc(-c3ccc4c5ccccc5c5ccccc5c4c3)nc(-c3cccc4c3C3CC5CC4CC3C5)n2)cc1. The quantitative estimate of drug-likeness (QED) is 0.200. The number of benzene rings is 6. The zero-order valence-electron chi connectivity index (χ0n) is 24.4. The highest BCUT2D eigenvalue weighted by atomic mass is 15.0. The molecule has 0 spiro atoms. The second-order valence-corrected chi connectivity index (χ2v) is 13.2. The molecule has 210 valence electrons. The lowest BCUT2D eigenvalue weighted by atomic mass is 9.68. The van der Waals surface area contributed by atoms with Crippen LogP contribution in [0.4, 0.5) is 0 Å². The molecule has 1 heterocycles. The Bertz CT molecular complexity index is 2230. The van der Waals surface area contributed by atoms with Gasteiger partial charge in [0.2, 0.25) is 0 Å². The van der Waals surface area contributed by atoms with Crippen molar-refractivity contribution in [3.63, 3.8) is 0 Å². The van der Waals surface area contributed by atoms with Crippen LogP contribution in [0.3, 0.4) is 0 Å². The lowest BCUT2D eigenvalue weighted by Gasteiger charge is -2.37. The summed E-state index contributed by atoms with van der Waals surface area (Å²) < 4.78 is 0. The standard InChI is InChI=1S/C41H31N3/c1-2-9-25(10-3-1)39-42-40(26-17-18-34-32-13-5-4-11-30(32)31-12-6-7-14-33(31)37(34)23-26)44-41(43-39)35-16-8-15-29-27-19-24-20-28(22-27)36(21-24)38(29)35/h1-18,23-24,27-28,36H,19-22H2. The Balaban J connectivity index is 1.22. The number of hydrogen-bond acceptors (Lipinski definition) is 3. The van der Waals surface area contributed by atoms with Crippen LogP contribution in [0.1, 0.15) is 48.6 Å². The van der Waals surface area contributed by atoms with E-state index in [1.54, 1.807) is 5.56 Å². The summed E-state index contributed by atoms with van der Waals surface area (Å²) in [5, 5.41) is 7.57. The van der Waals surface area contributed by atoms with Crippen LogP contribution in [-0.2, 0) is 0 Å². The van der Waals surface area contributed by atoms with Crippen LogP contribution in [-0.4, -0.2) is 15.0 Å². The first kappa shape index (κ1) is 24.5. The van der Waals surface area contributed by atoms with Crippen molar-refractivity contribution in [1.29, 1.82) is 0 Å². The van der Waals surface area contributed by atoms with Gasteiger partial charge in [-0.15, -0.1) is 0 Å². The van der Waals surface area contributed by atoms with E-state index in [4.69, 9.17) is 15.0 Å². The van der Waals surface area contributed by atoms with Crippen molar-refractivity contribution in [1.82, 2.24) is 15.0 Å². The Kier molecular flexibility index (Phi) is 5.19. The second kappa shape index (κ2) is 9.30. The Morgan fingerprint density at radius 2 is 1.09 bits per heavy atom. The van der Waals surface area contributed by atoms with E-state index < -0.39 is 0 Å². The smallest absolute Gasteiger partial charge is 0.164 e. The molecule has 4 atom stereocenters. The molecule has 0 aliphatic heterocycles. The minimum atomic E-state index is 0.630. The van der Waals surface area contributed by atoms with E-state index in [2.05, 4.69) is 109 Å². The fraction of sp³-hybridized carbons (Fsp3) is 0.195. The van der Waals surface area contributed by atoms with Crippen molar-refractivity contribution in [3.8, 4) is 34.2 Å². The second-order valence-electron chi connectivity index (χ2n) is 13.2. The number of nitrogens with zero attached hydrogens (tertiary/aromatic N) is 3. The minimum Gasteiger partial charge on any atom is -0.208 e. The zero-order chi connectivity index (χ0) is 28.8. The average molecular weight is 566 g/mol. The molecule has 2 saturated carbocycles. The predicted octanol–water partition coefficient (Wildman–Crippen LogP) is 10.3. The maximum absolute atomic E-state index is 5.29. The van der Waals surface area contributed by atoms with Crippen molar-refractivity contribution < 1.29 is 0 Å². The number of hydrogen-bond donors (Lipinski definition) is 0. The van der Waals surface area contributed by atoms with E-state index >= 15 is 0 Å². The Labute approximate surface area is 256 Å². The molecule has 3 heteroatoms. The van der Waals surface area contributed by atoms with Crippen molar-refractivity contribution in [2.24, 2.45) is 11.8 Å². The molecule has 44 heavy (non-hydrogen) atoms. The molecule has 3 aliphatic carbocycles. The lowest BCUT2D eigenvalue weighted by Crippen LogP contribution is -2.23. The molecule has 3 nitrogen and oxygen atoms in total. The summed E-state index contributed by atoms with van der Waals surface area (Å²) in [5.74, 6) is 5.27. The minimum absolute atomic E-state index is 0.630. The van der Waals surface area contributed by atoms with Gasteiger partial charge in [0.1, 0.15) is 0 Å². The van der Waals surface area contributed by atoms with Crippen LogP contribution >= 0.6 is 0 Å². The van der Waals surface area contributed by atoms with Gasteiger partial charge in [-0.05, 0) is 98.9 Å². The van der Waals surface area contributed by atoms with E-state index in [9.17, 15) is 0 Å². The molecule has 0 N–H and O–H groups in total. The maximum Gasteiger partial charge on any atom is 0.164 e. The Morgan fingerprint density at radius 1 is 0.455 bits per heavy atom. The van der Waals surface area contributed by atoms with Gasteiger partial charge >= 0.3 is 0 Å². The van der Waals surface area contributed by atoms with Gasteiger partial charge in [-0.25, -0.2) is 15.0 Å². The van der Waals surface area contributed by atoms with Crippen molar-refractivity contribution >= 4 is 32.3 Å². The van der Waals surface area contributed by atoms with Gasteiger partial charge in [-0.2, -0.15) is 0 Å². The summed E-state index contributed by atoms with van der Waals surface area (Å²) in [6.07, 6.45) is 5.42. The topological polar surface area (TPSA) is 38.7 Å². The Hall–Kier alpha value is -4.89. The lowest BCUT2D eigenvalue weighted by molar-refractivity contribution is 0.297. The monoisotopic (exact) mass is 565 g/mol. The van der Waals surface area contributed by atoms with Crippen LogP contribution in [0.25, 0.3) is 66.5 Å². The molecule has 6 aromatic carbocycles.